The van der Waals surface area contributed by atoms with Crippen LogP contribution in [0.15, 0.2) is 12.2 Å². The summed E-state index contributed by atoms with van der Waals surface area (Å²) in [6.07, 6.45) is 3.87. The summed E-state index contributed by atoms with van der Waals surface area (Å²) < 4.78 is 5.57. The van der Waals surface area contributed by atoms with E-state index in [-0.39, 0.29) is 24.3 Å². The van der Waals surface area contributed by atoms with Crippen molar-refractivity contribution in [1.82, 2.24) is 10.2 Å². The molecule has 1 aliphatic heterocycles. The average Bonchev–Trinajstić information content (AvgIpc) is 2.76. The van der Waals surface area contributed by atoms with Crippen molar-refractivity contribution in [2.24, 2.45) is 5.92 Å². The summed E-state index contributed by atoms with van der Waals surface area (Å²) in [6.45, 7) is 5.00. The second-order valence-corrected chi connectivity index (χ2v) is 5.28. The van der Waals surface area contributed by atoms with Crippen LogP contribution < -0.4 is 5.32 Å². The van der Waals surface area contributed by atoms with E-state index < -0.39 is 11.9 Å². The second-order valence-electron chi connectivity index (χ2n) is 5.28. The summed E-state index contributed by atoms with van der Waals surface area (Å²) in [5, 5.41) is 11.7. The predicted octanol–water partition coefficient (Wildman–Crippen LogP) is 0.834. The third kappa shape index (κ3) is 3.47. The molecule has 1 fully saturated rings. The largest absolute Gasteiger partial charge is 0.481 e. The van der Waals surface area contributed by atoms with Crippen molar-refractivity contribution in [3.63, 3.8) is 0 Å². The Kier molecular flexibility index (Phi) is 4.09. The van der Waals surface area contributed by atoms with Crippen LogP contribution in [0, 0.1) is 5.92 Å². The third-order valence-corrected chi connectivity index (χ3v) is 3.42. The Bertz CT molecular complexity index is 386. The Morgan fingerprint density at radius 3 is 2.42 bits per heavy atom. The number of nitrogens with zero attached hydrogens (tertiary/aromatic N) is 1. The van der Waals surface area contributed by atoms with E-state index in [1.807, 2.05) is 13.8 Å². The summed E-state index contributed by atoms with van der Waals surface area (Å²) in [5.74, 6) is -1.34. The Balaban J connectivity index is 1.85. The minimum absolute atomic E-state index is 0.0281. The lowest BCUT2D eigenvalue weighted by molar-refractivity contribution is -0.140. The van der Waals surface area contributed by atoms with Crippen molar-refractivity contribution < 1.29 is 19.4 Å². The van der Waals surface area contributed by atoms with E-state index in [2.05, 4.69) is 5.32 Å². The predicted molar refractivity (Wildman–Crippen MR) is 68.8 cm³/mol. The lowest BCUT2D eigenvalue weighted by atomic mass is 10.1. The van der Waals surface area contributed by atoms with Crippen LogP contribution in [0.5, 0.6) is 0 Å². The maximum absolute atomic E-state index is 12.1. The van der Waals surface area contributed by atoms with E-state index >= 15 is 0 Å². The third-order valence-electron chi connectivity index (χ3n) is 3.42. The van der Waals surface area contributed by atoms with Crippen molar-refractivity contribution in [3.8, 4) is 0 Å². The van der Waals surface area contributed by atoms with Crippen molar-refractivity contribution in [3.05, 3.63) is 12.2 Å². The van der Waals surface area contributed by atoms with Crippen LogP contribution in [0.1, 0.15) is 20.3 Å². The molecule has 2 N–H and O–H groups in total. The normalized spacial score (nSPS) is 34.3. The molecule has 6 heteroatoms. The maximum atomic E-state index is 12.1. The summed E-state index contributed by atoms with van der Waals surface area (Å²) in [4.78, 5) is 24.7. The number of carboxylic acid groups (broad SMARTS) is 1. The summed E-state index contributed by atoms with van der Waals surface area (Å²) in [6, 6.07) is -0.343. The van der Waals surface area contributed by atoms with Crippen LogP contribution >= 0.6 is 0 Å². The van der Waals surface area contributed by atoms with E-state index in [0.717, 1.165) is 0 Å². The zero-order chi connectivity index (χ0) is 14.0. The molecule has 2 amide bonds. The monoisotopic (exact) mass is 268 g/mol. The van der Waals surface area contributed by atoms with Gasteiger partial charge in [-0.2, -0.15) is 0 Å². The van der Waals surface area contributed by atoms with E-state index in [1.54, 1.807) is 17.1 Å². The molecule has 0 saturated carbocycles. The van der Waals surface area contributed by atoms with Gasteiger partial charge < -0.3 is 20.1 Å². The Morgan fingerprint density at radius 2 is 1.89 bits per heavy atom. The summed E-state index contributed by atoms with van der Waals surface area (Å²) in [7, 11) is 0. The minimum Gasteiger partial charge on any atom is -0.481 e. The maximum Gasteiger partial charge on any atom is 0.318 e. The molecule has 0 bridgehead atoms. The molecule has 0 aromatic heterocycles. The van der Waals surface area contributed by atoms with Gasteiger partial charge in [0.05, 0.1) is 24.2 Å². The second kappa shape index (κ2) is 5.61. The topological polar surface area (TPSA) is 78.9 Å². The van der Waals surface area contributed by atoms with E-state index in [4.69, 9.17) is 9.84 Å². The van der Waals surface area contributed by atoms with Crippen LogP contribution in [0.25, 0.3) is 0 Å². The molecule has 1 saturated heterocycles. The number of carbonyl (C=O) groups is 2. The van der Waals surface area contributed by atoms with E-state index in [0.29, 0.717) is 19.5 Å². The van der Waals surface area contributed by atoms with Crippen LogP contribution in [-0.4, -0.2) is 53.3 Å². The van der Waals surface area contributed by atoms with Crippen molar-refractivity contribution in [2.75, 3.05) is 13.1 Å². The first-order chi connectivity index (χ1) is 8.95. The number of aliphatic carboxylic acids is 1. The van der Waals surface area contributed by atoms with Crippen molar-refractivity contribution in [1.29, 1.82) is 0 Å². The van der Waals surface area contributed by atoms with Gasteiger partial charge in [-0.25, -0.2) is 4.79 Å². The number of hydrogen-bond acceptors (Lipinski definition) is 3. The molecule has 2 rings (SSSR count). The van der Waals surface area contributed by atoms with Gasteiger partial charge in [0.1, 0.15) is 0 Å². The van der Waals surface area contributed by atoms with Gasteiger partial charge in [0.25, 0.3) is 0 Å². The van der Waals surface area contributed by atoms with E-state index in [1.165, 1.54) is 0 Å². The molecule has 0 spiro atoms. The average molecular weight is 268 g/mol. The molecular weight excluding hydrogens is 248 g/mol. The fraction of sp³-hybridized carbons (Fsp3) is 0.692. The number of amides is 2. The van der Waals surface area contributed by atoms with Crippen molar-refractivity contribution >= 4 is 12.0 Å². The zero-order valence-electron chi connectivity index (χ0n) is 11.2. The molecule has 1 aliphatic carbocycles. The fourth-order valence-corrected chi connectivity index (χ4v) is 2.58. The minimum atomic E-state index is -0.846. The molecule has 1 heterocycles. The van der Waals surface area contributed by atoms with Gasteiger partial charge in [-0.1, -0.05) is 12.2 Å². The number of ether oxygens (including phenoxy) is 1. The van der Waals surface area contributed by atoms with Crippen LogP contribution in [-0.2, 0) is 9.53 Å². The summed E-state index contributed by atoms with van der Waals surface area (Å²) >= 11 is 0. The molecule has 0 aromatic carbocycles. The van der Waals surface area contributed by atoms with Crippen LogP contribution in [0.2, 0.25) is 0 Å². The van der Waals surface area contributed by atoms with Gasteiger partial charge in [-0.3, -0.25) is 4.79 Å². The molecular formula is C13H20N2O4. The number of nitrogens with one attached hydrogen (secondary N) is 1. The first-order valence-electron chi connectivity index (χ1n) is 6.57. The van der Waals surface area contributed by atoms with Crippen molar-refractivity contribution in [2.45, 2.75) is 38.5 Å². The highest BCUT2D eigenvalue weighted by Gasteiger charge is 2.29. The number of carboxylic acids is 1. The van der Waals surface area contributed by atoms with Gasteiger partial charge >= 0.3 is 12.0 Å². The van der Waals surface area contributed by atoms with Crippen LogP contribution in [0.3, 0.4) is 0 Å². The van der Waals surface area contributed by atoms with Gasteiger partial charge in [0, 0.05) is 13.1 Å². The first-order valence-corrected chi connectivity index (χ1v) is 6.57. The molecule has 2 unspecified atom stereocenters. The highest BCUT2D eigenvalue weighted by atomic mass is 16.5. The van der Waals surface area contributed by atoms with Crippen LogP contribution in [0.4, 0.5) is 4.79 Å². The number of urea groups is 1. The summed E-state index contributed by atoms with van der Waals surface area (Å²) in [5.41, 5.74) is 0. The molecule has 2 aliphatic rings. The SMILES string of the molecule is C[C@@H]1CN(C(=O)NC2C=CC(C(=O)O)C2)C[C@H](C)O1. The Hall–Kier alpha value is -1.56. The number of hydrogen-bond donors (Lipinski definition) is 2. The zero-order valence-corrected chi connectivity index (χ0v) is 11.2. The van der Waals surface area contributed by atoms with Gasteiger partial charge in [-0.05, 0) is 20.3 Å². The van der Waals surface area contributed by atoms with Gasteiger partial charge in [-0.15, -0.1) is 0 Å². The van der Waals surface area contributed by atoms with Gasteiger partial charge in [0.15, 0.2) is 0 Å². The first kappa shape index (κ1) is 13.9. The number of rotatable bonds is 2. The molecule has 106 valence electrons. The standard InChI is InChI=1S/C13H20N2O4/c1-8-6-15(7-9(2)19-8)13(18)14-11-4-3-10(5-11)12(16)17/h3-4,8-11H,5-7H2,1-2H3,(H,14,18)(H,16,17)/t8-,9+,10?,11?. The molecule has 0 radical (unpaired) electrons. The van der Waals surface area contributed by atoms with E-state index in [9.17, 15) is 9.59 Å². The Morgan fingerprint density at radius 1 is 1.26 bits per heavy atom. The fourth-order valence-electron chi connectivity index (χ4n) is 2.58. The molecule has 19 heavy (non-hydrogen) atoms. The number of morpholine rings is 1. The Labute approximate surface area is 112 Å². The molecule has 0 aromatic rings. The lowest BCUT2D eigenvalue weighted by Gasteiger charge is -2.35. The smallest absolute Gasteiger partial charge is 0.318 e. The molecule has 6 nitrogen and oxygen atoms in total. The van der Waals surface area contributed by atoms with Gasteiger partial charge in [0.2, 0.25) is 0 Å². The lowest BCUT2D eigenvalue weighted by Crippen LogP contribution is -2.53. The quantitative estimate of drug-likeness (QED) is 0.727. The number of carbonyl (C=O) groups excluding carboxylic acids is 1. The molecule has 4 atom stereocenters. The highest BCUT2D eigenvalue weighted by molar-refractivity contribution is 5.76. The highest BCUT2D eigenvalue weighted by Crippen LogP contribution is 2.18.